The van der Waals surface area contributed by atoms with Gasteiger partial charge in [-0.3, -0.25) is 4.79 Å². The Bertz CT molecular complexity index is 146. The van der Waals surface area contributed by atoms with Gasteiger partial charge in [0.1, 0.15) is 5.78 Å². The van der Waals surface area contributed by atoms with Crippen molar-refractivity contribution in [1.82, 2.24) is 0 Å². The van der Waals surface area contributed by atoms with E-state index in [-0.39, 0.29) is 11.5 Å². The van der Waals surface area contributed by atoms with Crippen LogP contribution < -0.4 is 5.73 Å². The lowest BCUT2D eigenvalue weighted by molar-refractivity contribution is -0.124. The van der Waals surface area contributed by atoms with Gasteiger partial charge < -0.3 is 5.73 Å². The number of carbonyl (C=O) groups is 1. The average Bonchev–Trinajstić information content (AvgIpc) is 1.97. The highest BCUT2D eigenvalue weighted by molar-refractivity contribution is 5.81. The molecule has 0 rings (SSSR count). The number of Topliss-reactive ketones (excluding diaryl/α,β-unsaturated/α-hetero) is 1. The van der Waals surface area contributed by atoms with Crippen molar-refractivity contribution in [2.75, 3.05) is 0 Å². The first kappa shape index (κ1) is 11.6. The number of unbranched alkanes of at least 4 members (excludes halogenated alkanes) is 1. The van der Waals surface area contributed by atoms with Crippen LogP contribution in [0.15, 0.2) is 0 Å². The smallest absolute Gasteiger partial charge is 0.137 e. The van der Waals surface area contributed by atoms with Gasteiger partial charge >= 0.3 is 0 Å². The minimum Gasteiger partial charge on any atom is -0.325 e. The van der Waals surface area contributed by atoms with Crippen molar-refractivity contribution < 1.29 is 4.79 Å². The summed E-state index contributed by atoms with van der Waals surface area (Å²) >= 11 is 0. The predicted octanol–water partition coefficient (Wildman–Crippen LogP) is 2.12. The maximum atomic E-state index is 11.5. The molecule has 72 valence electrons. The molecular weight excluding hydrogens is 150 g/mol. The molecule has 0 saturated heterocycles. The lowest BCUT2D eigenvalue weighted by Crippen LogP contribution is -2.43. The van der Waals surface area contributed by atoms with Crippen molar-refractivity contribution in [3.8, 4) is 0 Å². The number of hydrogen-bond donors (Lipinski definition) is 1. The summed E-state index contributed by atoms with van der Waals surface area (Å²) in [6.45, 7) is 7.81. The maximum Gasteiger partial charge on any atom is 0.137 e. The van der Waals surface area contributed by atoms with Crippen LogP contribution in [-0.4, -0.2) is 11.3 Å². The number of hydrogen-bond acceptors (Lipinski definition) is 2. The van der Waals surface area contributed by atoms with E-state index < -0.39 is 0 Å². The molecule has 0 saturated carbocycles. The number of rotatable bonds is 5. The first-order chi connectivity index (χ1) is 5.39. The molecule has 0 aliphatic rings. The SMILES string of the molecule is CCCCC(=O)C(C)C(C)(C)N. The molecule has 0 aliphatic carbocycles. The third kappa shape index (κ3) is 3.86. The minimum atomic E-state index is -0.370. The van der Waals surface area contributed by atoms with Crippen LogP contribution in [0.3, 0.4) is 0 Å². The van der Waals surface area contributed by atoms with Crippen LogP contribution in [0, 0.1) is 5.92 Å². The van der Waals surface area contributed by atoms with Crippen LogP contribution >= 0.6 is 0 Å². The molecule has 0 amide bonds. The van der Waals surface area contributed by atoms with Crippen molar-refractivity contribution in [3.63, 3.8) is 0 Å². The first-order valence-electron chi connectivity index (χ1n) is 4.71. The molecule has 0 aromatic heterocycles. The normalized spacial score (nSPS) is 14.4. The summed E-state index contributed by atoms with van der Waals surface area (Å²) < 4.78 is 0. The number of carbonyl (C=O) groups excluding carboxylic acids is 1. The lowest BCUT2D eigenvalue weighted by Gasteiger charge is -2.25. The van der Waals surface area contributed by atoms with Gasteiger partial charge in [-0.25, -0.2) is 0 Å². The largest absolute Gasteiger partial charge is 0.325 e. The van der Waals surface area contributed by atoms with Gasteiger partial charge in [0.15, 0.2) is 0 Å². The van der Waals surface area contributed by atoms with Crippen LogP contribution in [-0.2, 0) is 4.79 Å². The van der Waals surface area contributed by atoms with Crippen LogP contribution in [0.25, 0.3) is 0 Å². The summed E-state index contributed by atoms with van der Waals surface area (Å²) in [5.41, 5.74) is 5.46. The van der Waals surface area contributed by atoms with Crippen LogP contribution in [0.2, 0.25) is 0 Å². The molecule has 0 aromatic rings. The molecule has 0 heterocycles. The third-order valence-electron chi connectivity index (χ3n) is 2.38. The van der Waals surface area contributed by atoms with E-state index in [0.717, 1.165) is 12.8 Å². The van der Waals surface area contributed by atoms with Gasteiger partial charge in [0.2, 0.25) is 0 Å². The zero-order valence-electron chi connectivity index (χ0n) is 8.68. The quantitative estimate of drug-likeness (QED) is 0.688. The van der Waals surface area contributed by atoms with Gasteiger partial charge in [-0.05, 0) is 20.3 Å². The molecule has 0 spiro atoms. The Hall–Kier alpha value is -0.370. The second-order valence-electron chi connectivity index (χ2n) is 4.11. The standard InChI is InChI=1S/C10H21NO/c1-5-6-7-9(12)8(2)10(3,4)11/h8H,5-7,11H2,1-4H3. The van der Waals surface area contributed by atoms with Crippen LogP contribution in [0.5, 0.6) is 0 Å². The van der Waals surface area contributed by atoms with E-state index in [2.05, 4.69) is 6.92 Å². The topological polar surface area (TPSA) is 43.1 Å². The molecule has 0 radical (unpaired) electrons. The summed E-state index contributed by atoms with van der Waals surface area (Å²) in [4.78, 5) is 11.5. The summed E-state index contributed by atoms with van der Waals surface area (Å²) in [6.07, 6.45) is 2.74. The van der Waals surface area contributed by atoms with E-state index in [4.69, 9.17) is 5.73 Å². The summed E-state index contributed by atoms with van der Waals surface area (Å²) in [6, 6.07) is 0. The Morgan fingerprint density at radius 3 is 2.33 bits per heavy atom. The van der Waals surface area contributed by atoms with E-state index in [0.29, 0.717) is 12.2 Å². The highest BCUT2D eigenvalue weighted by atomic mass is 16.1. The van der Waals surface area contributed by atoms with E-state index >= 15 is 0 Å². The monoisotopic (exact) mass is 171 g/mol. The number of ketones is 1. The van der Waals surface area contributed by atoms with Gasteiger partial charge in [0.25, 0.3) is 0 Å². The molecular formula is C10H21NO. The van der Waals surface area contributed by atoms with Gasteiger partial charge in [0.05, 0.1) is 0 Å². The Labute approximate surface area is 75.5 Å². The first-order valence-corrected chi connectivity index (χ1v) is 4.71. The summed E-state index contributed by atoms with van der Waals surface area (Å²) in [5.74, 6) is 0.272. The molecule has 2 N–H and O–H groups in total. The lowest BCUT2D eigenvalue weighted by atomic mass is 9.85. The molecule has 0 bridgehead atoms. The molecule has 1 unspecified atom stereocenters. The minimum absolute atomic E-state index is 0.0240. The van der Waals surface area contributed by atoms with Gasteiger partial charge in [-0.1, -0.05) is 20.3 Å². The van der Waals surface area contributed by atoms with Gasteiger partial charge in [0, 0.05) is 17.9 Å². The Kier molecular flexibility index (Phi) is 4.46. The summed E-state index contributed by atoms with van der Waals surface area (Å²) in [5, 5.41) is 0. The highest BCUT2D eigenvalue weighted by Gasteiger charge is 2.26. The molecule has 0 aromatic carbocycles. The average molecular weight is 171 g/mol. The highest BCUT2D eigenvalue weighted by Crippen LogP contribution is 2.16. The zero-order valence-corrected chi connectivity index (χ0v) is 8.68. The second kappa shape index (κ2) is 4.61. The van der Waals surface area contributed by atoms with Crippen LogP contribution in [0.4, 0.5) is 0 Å². The molecule has 2 nitrogen and oxygen atoms in total. The molecule has 12 heavy (non-hydrogen) atoms. The Balaban J connectivity index is 3.94. The Morgan fingerprint density at radius 2 is 2.00 bits per heavy atom. The molecule has 1 atom stereocenters. The van der Waals surface area contributed by atoms with E-state index in [1.165, 1.54) is 0 Å². The molecule has 0 fully saturated rings. The zero-order chi connectivity index (χ0) is 9.78. The van der Waals surface area contributed by atoms with E-state index in [1.807, 2.05) is 20.8 Å². The number of nitrogens with two attached hydrogens (primary N) is 1. The van der Waals surface area contributed by atoms with Crippen molar-refractivity contribution in [2.24, 2.45) is 11.7 Å². The third-order valence-corrected chi connectivity index (χ3v) is 2.38. The van der Waals surface area contributed by atoms with E-state index in [9.17, 15) is 4.79 Å². The van der Waals surface area contributed by atoms with Crippen molar-refractivity contribution in [3.05, 3.63) is 0 Å². The summed E-state index contributed by atoms with van der Waals surface area (Å²) in [7, 11) is 0. The van der Waals surface area contributed by atoms with Crippen LogP contribution in [0.1, 0.15) is 47.0 Å². The predicted molar refractivity (Wildman–Crippen MR) is 52.0 cm³/mol. The maximum absolute atomic E-state index is 11.5. The Morgan fingerprint density at radius 1 is 1.50 bits per heavy atom. The second-order valence-corrected chi connectivity index (χ2v) is 4.11. The fraction of sp³-hybridized carbons (Fsp3) is 0.900. The van der Waals surface area contributed by atoms with Crippen molar-refractivity contribution in [2.45, 2.75) is 52.5 Å². The fourth-order valence-corrected chi connectivity index (χ4v) is 0.982. The van der Waals surface area contributed by atoms with E-state index in [1.54, 1.807) is 0 Å². The fourth-order valence-electron chi connectivity index (χ4n) is 0.982. The van der Waals surface area contributed by atoms with Crippen molar-refractivity contribution >= 4 is 5.78 Å². The molecule has 0 aliphatic heterocycles. The van der Waals surface area contributed by atoms with Gasteiger partial charge in [-0.15, -0.1) is 0 Å². The van der Waals surface area contributed by atoms with Gasteiger partial charge in [-0.2, -0.15) is 0 Å². The van der Waals surface area contributed by atoms with Crippen molar-refractivity contribution in [1.29, 1.82) is 0 Å². The molecule has 2 heteroatoms.